The number of nitrogens with one attached hydrogen (secondary N) is 1. The van der Waals surface area contributed by atoms with Crippen molar-refractivity contribution in [3.63, 3.8) is 0 Å². The topological polar surface area (TPSA) is 41.6 Å². The van der Waals surface area contributed by atoms with Crippen LogP contribution in [0.4, 0.5) is 0 Å². The van der Waals surface area contributed by atoms with Crippen molar-refractivity contribution >= 4 is 22.8 Å². The van der Waals surface area contributed by atoms with Gasteiger partial charge in [-0.3, -0.25) is 0 Å². The Kier molecular flexibility index (Phi) is 1.73. The molecule has 3 nitrogen and oxygen atoms in total. The summed E-state index contributed by atoms with van der Waals surface area (Å²) in [5.41, 5.74) is 1.65. The lowest BCUT2D eigenvalue weighted by molar-refractivity contribution is 0.960. The number of fused-ring (bicyclic) bond motifs is 1. The predicted octanol–water partition coefficient (Wildman–Crippen LogP) is 2.26. The van der Waals surface area contributed by atoms with Gasteiger partial charge < -0.3 is 4.98 Å². The van der Waals surface area contributed by atoms with Crippen molar-refractivity contribution in [2.45, 2.75) is 12.3 Å². The van der Waals surface area contributed by atoms with E-state index >= 15 is 0 Å². The molecule has 1 N–H and O–H groups in total. The Morgan fingerprint density at radius 1 is 1.58 bits per heavy atom. The van der Waals surface area contributed by atoms with Gasteiger partial charge >= 0.3 is 0 Å². The first kappa shape index (κ1) is 7.55. The third-order valence-corrected chi connectivity index (χ3v) is 1.86. The second-order valence-corrected chi connectivity index (χ2v) is 3.27. The number of H-pyrrole nitrogens is 1. The summed E-state index contributed by atoms with van der Waals surface area (Å²) < 4.78 is 0. The van der Waals surface area contributed by atoms with Crippen molar-refractivity contribution < 1.29 is 0 Å². The molecule has 0 aromatic carbocycles. The van der Waals surface area contributed by atoms with E-state index in [4.69, 9.17) is 11.6 Å². The van der Waals surface area contributed by atoms with Crippen LogP contribution in [0.5, 0.6) is 0 Å². The quantitative estimate of drug-likeness (QED) is 0.686. The molecular weight excluding hydrogens is 174 g/mol. The van der Waals surface area contributed by atoms with E-state index in [0.29, 0.717) is 0 Å². The maximum Gasteiger partial charge on any atom is 0.177 e. The molecule has 2 aromatic heterocycles. The van der Waals surface area contributed by atoms with Crippen molar-refractivity contribution in [2.75, 3.05) is 0 Å². The van der Waals surface area contributed by atoms with Crippen LogP contribution >= 0.6 is 11.6 Å². The van der Waals surface area contributed by atoms with Gasteiger partial charge in [0.2, 0.25) is 0 Å². The van der Waals surface area contributed by atoms with Gasteiger partial charge in [0, 0.05) is 6.20 Å². The van der Waals surface area contributed by atoms with Crippen LogP contribution in [0.3, 0.4) is 0 Å². The van der Waals surface area contributed by atoms with E-state index in [0.717, 1.165) is 17.0 Å². The molecule has 0 radical (unpaired) electrons. The van der Waals surface area contributed by atoms with Gasteiger partial charge in [0.05, 0.1) is 10.9 Å². The van der Waals surface area contributed by atoms with Crippen LogP contribution in [0.25, 0.3) is 11.2 Å². The minimum atomic E-state index is -0.0980. The van der Waals surface area contributed by atoms with Crippen LogP contribution in [-0.4, -0.2) is 15.0 Å². The number of halogens is 1. The number of imidazole rings is 1. The monoisotopic (exact) mass is 181 g/mol. The summed E-state index contributed by atoms with van der Waals surface area (Å²) >= 11 is 5.85. The Balaban J connectivity index is 2.62. The van der Waals surface area contributed by atoms with E-state index < -0.39 is 0 Å². The van der Waals surface area contributed by atoms with Gasteiger partial charge in [-0.05, 0) is 19.1 Å². The zero-order valence-electron chi connectivity index (χ0n) is 6.58. The fourth-order valence-electron chi connectivity index (χ4n) is 1.05. The molecule has 0 saturated heterocycles. The summed E-state index contributed by atoms with van der Waals surface area (Å²) in [6.07, 6.45) is 1.71. The molecule has 2 aromatic rings. The minimum absolute atomic E-state index is 0.0980. The Bertz CT molecular complexity index is 361. The predicted molar refractivity (Wildman–Crippen MR) is 48.2 cm³/mol. The molecular formula is C8H8ClN3. The molecule has 2 rings (SSSR count). The molecule has 0 unspecified atom stereocenters. The Morgan fingerprint density at radius 2 is 2.42 bits per heavy atom. The molecule has 62 valence electrons. The summed E-state index contributed by atoms with van der Waals surface area (Å²) in [4.78, 5) is 11.4. The standard InChI is InChI=1S/C8H8ClN3/c1-5(9)7-11-6-3-2-4-10-8(6)12-7/h2-5H,1H3,(H,10,11,12)/t5-/m0/s1. The average Bonchev–Trinajstić information content (AvgIpc) is 2.46. The molecule has 4 heteroatoms. The van der Waals surface area contributed by atoms with Crippen LogP contribution in [0.15, 0.2) is 18.3 Å². The first-order chi connectivity index (χ1) is 5.77. The highest BCUT2D eigenvalue weighted by Crippen LogP contribution is 2.18. The lowest BCUT2D eigenvalue weighted by Crippen LogP contribution is -1.85. The third-order valence-electron chi connectivity index (χ3n) is 1.65. The molecule has 0 amide bonds. The largest absolute Gasteiger partial charge is 0.339 e. The number of hydrogen-bond donors (Lipinski definition) is 1. The lowest BCUT2D eigenvalue weighted by atomic mass is 10.4. The van der Waals surface area contributed by atoms with E-state index in [1.165, 1.54) is 0 Å². The molecule has 1 atom stereocenters. The number of hydrogen-bond acceptors (Lipinski definition) is 2. The molecule has 0 bridgehead atoms. The second kappa shape index (κ2) is 2.75. The van der Waals surface area contributed by atoms with E-state index in [-0.39, 0.29) is 5.38 Å². The maximum atomic E-state index is 5.85. The summed E-state index contributed by atoms with van der Waals surface area (Å²) in [5.74, 6) is 0.769. The highest BCUT2D eigenvalue weighted by Gasteiger charge is 2.06. The zero-order valence-corrected chi connectivity index (χ0v) is 7.34. The van der Waals surface area contributed by atoms with Gasteiger partial charge in [0.15, 0.2) is 5.65 Å². The Hall–Kier alpha value is -1.09. The van der Waals surface area contributed by atoms with Crippen LogP contribution < -0.4 is 0 Å². The normalized spacial score (nSPS) is 13.5. The number of aromatic nitrogens is 3. The van der Waals surface area contributed by atoms with Gasteiger partial charge in [-0.1, -0.05) is 0 Å². The lowest BCUT2D eigenvalue weighted by Gasteiger charge is -1.92. The van der Waals surface area contributed by atoms with Gasteiger partial charge in [-0.2, -0.15) is 0 Å². The maximum absolute atomic E-state index is 5.85. The van der Waals surface area contributed by atoms with Crippen LogP contribution in [-0.2, 0) is 0 Å². The molecule has 12 heavy (non-hydrogen) atoms. The van der Waals surface area contributed by atoms with Gasteiger partial charge in [0.25, 0.3) is 0 Å². The van der Waals surface area contributed by atoms with Crippen LogP contribution in [0, 0.1) is 0 Å². The number of alkyl halides is 1. The molecule has 0 spiro atoms. The average molecular weight is 182 g/mol. The van der Waals surface area contributed by atoms with Crippen molar-refractivity contribution in [1.29, 1.82) is 0 Å². The minimum Gasteiger partial charge on any atom is -0.339 e. The summed E-state index contributed by atoms with van der Waals surface area (Å²) in [5, 5.41) is -0.0980. The Morgan fingerprint density at radius 3 is 3.08 bits per heavy atom. The first-order valence-corrected chi connectivity index (χ1v) is 4.16. The van der Waals surface area contributed by atoms with E-state index in [2.05, 4.69) is 15.0 Å². The second-order valence-electron chi connectivity index (χ2n) is 2.61. The van der Waals surface area contributed by atoms with Crippen molar-refractivity contribution in [3.05, 3.63) is 24.2 Å². The molecule has 2 heterocycles. The van der Waals surface area contributed by atoms with Crippen LogP contribution in [0.1, 0.15) is 18.1 Å². The third kappa shape index (κ3) is 1.16. The smallest absolute Gasteiger partial charge is 0.177 e. The van der Waals surface area contributed by atoms with Crippen molar-refractivity contribution in [2.24, 2.45) is 0 Å². The number of nitrogens with zero attached hydrogens (tertiary/aromatic N) is 2. The Labute approximate surface area is 74.8 Å². The number of pyridine rings is 1. The van der Waals surface area contributed by atoms with Crippen molar-refractivity contribution in [3.8, 4) is 0 Å². The van der Waals surface area contributed by atoms with E-state index in [9.17, 15) is 0 Å². The van der Waals surface area contributed by atoms with E-state index in [1.54, 1.807) is 6.20 Å². The zero-order chi connectivity index (χ0) is 8.55. The number of aromatic amines is 1. The molecule has 0 saturated carbocycles. The molecule has 0 fully saturated rings. The van der Waals surface area contributed by atoms with Crippen molar-refractivity contribution in [1.82, 2.24) is 15.0 Å². The highest BCUT2D eigenvalue weighted by molar-refractivity contribution is 6.20. The fourth-order valence-corrected chi connectivity index (χ4v) is 1.16. The van der Waals surface area contributed by atoms with Gasteiger partial charge in [-0.25, -0.2) is 9.97 Å². The van der Waals surface area contributed by atoms with Crippen LogP contribution in [0.2, 0.25) is 0 Å². The first-order valence-electron chi connectivity index (χ1n) is 3.72. The molecule has 0 aliphatic rings. The van der Waals surface area contributed by atoms with E-state index in [1.807, 2.05) is 19.1 Å². The SMILES string of the molecule is C[C@H](Cl)c1nc2ncccc2[nH]1. The summed E-state index contributed by atoms with van der Waals surface area (Å²) in [6.45, 7) is 1.87. The number of rotatable bonds is 1. The van der Waals surface area contributed by atoms with Gasteiger partial charge in [-0.15, -0.1) is 11.6 Å². The fraction of sp³-hybridized carbons (Fsp3) is 0.250. The molecule has 0 aliphatic heterocycles. The van der Waals surface area contributed by atoms with Gasteiger partial charge in [0.1, 0.15) is 5.82 Å². The summed E-state index contributed by atoms with van der Waals surface area (Å²) in [7, 11) is 0. The summed E-state index contributed by atoms with van der Waals surface area (Å²) in [6, 6.07) is 3.79. The molecule has 0 aliphatic carbocycles. The highest BCUT2D eigenvalue weighted by atomic mass is 35.5.